The first kappa shape index (κ1) is 9.77. The molecule has 0 amide bonds. The number of rotatable bonds is 0. The molecule has 2 aromatic rings. The van der Waals surface area contributed by atoms with Gasteiger partial charge in [-0.3, -0.25) is 0 Å². The third-order valence-corrected chi connectivity index (χ3v) is 3.64. The number of allylic oxidation sites excluding steroid dienone is 2. The third-order valence-electron chi connectivity index (χ3n) is 3.64. The average molecular weight is 235 g/mol. The van der Waals surface area contributed by atoms with Gasteiger partial charge in [-0.25, -0.2) is 0 Å². The maximum Gasteiger partial charge on any atom is 0.203 e. The molecule has 1 N–H and O–H groups in total. The molecule has 0 saturated heterocycles. The van der Waals surface area contributed by atoms with Crippen LogP contribution >= 0.6 is 0 Å². The van der Waals surface area contributed by atoms with E-state index in [0.717, 1.165) is 6.42 Å². The van der Waals surface area contributed by atoms with Crippen LogP contribution in [0.4, 0.5) is 5.69 Å². The molecule has 1 atom stereocenters. The van der Waals surface area contributed by atoms with Crippen LogP contribution in [-0.2, 0) is 11.2 Å². The van der Waals surface area contributed by atoms with Gasteiger partial charge in [0.15, 0.2) is 0 Å². The quantitative estimate of drug-likeness (QED) is 0.753. The van der Waals surface area contributed by atoms with Crippen molar-refractivity contribution in [3.63, 3.8) is 0 Å². The summed E-state index contributed by atoms with van der Waals surface area (Å²) in [6.45, 7) is 0. The van der Waals surface area contributed by atoms with Gasteiger partial charge in [-0.2, -0.15) is 0 Å². The fourth-order valence-electron chi connectivity index (χ4n) is 2.78. The molecule has 88 valence electrons. The molecule has 0 saturated carbocycles. The second-order valence-corrected chi connectivity index (χ2v) is 4.82. The molecule has 0 bridgehead atoms. The summed E-state index contributed by atoms with van der Waals surface area (Å²) in [7, 11) is 0. The predicted molar refractivity (Wildman–Crippen MR) is 73.4 cm³/mol. The van der Waals surface area contributed by atoms with Crippen LogP contribution in [0.5, 0.6) is 0 Å². The van der Waals surface area contributed by atoms with Crippen molar-refractivity contribution in [2.75, 3.05) is 5.32 Å². The minimum absolute atomic E-state index is 0.388. The van der Waals surface area contributed by atoms with Crippen LogP contribution in [0.1, 0.15) is 5.56 Å². The molecule has 1 spiro atoms. The summed E-state index contributed by atoms with van der Waals surface area (Å²) >= 11 is 0. The zero-order valence-corrected chi connectivity index (χ0v) is 9.89. The minimum Gasteiger partial charge on any atom is -0.472 e. The Balaban J connectivity index is 1.88. The normalized spacial score (nSPS) is 24.0. The first-order valence-electron chi connectivity index (χ1n) is 6.17. The maximum absolute atomic E-state index is 5.78. The Morgan fingerprint density at radius 2 is 2.00 bits per heavy atom. The van der Waals surface area contributed by atoms with Gasteiger partial charge in [-0.1, -0.05) is 42.5 Å². The molecule has 2 aromatic carbocycles. The van der Waals surface area contributed by atoms with Gasteiger partial charge in [0, 0.05) is 17.5 Å². The number of anilines is 1. The third kappa shape index (κ3) is 1.29. The summed E-state index contributed by atoms with van der Waals surface area (Å²) in [5, 5.41) is 6.06. The first-order valence-corrected chi connectivity index (χ1v) is 6.17. The van der Waals surface area contributed by atoms with E-state index in [0.29, 0.717) is 0 Å². The van der Waals surface area contributed by atoms with Crippen molar-refractivity contribution in [3.05, 3.63) is 66.5 Å². The van der Waals surface area contributed by atoms with Crippen LogP contribution in [0.3, 0.4) is 0 Å². The van der Waals surface area contributed by atoms with E-state index in [1.54, 1.807) is 6.26 Å². The van der Waals surface area contributed by atoms with Gasteiger partial charge in [-0.05, 0) is 23.1 Å². The van der Waals surface area contributed by atoms with Crippen LogP contribution in [0.25, 0.3) is 10.8 Å². The second kappa shape index (κ2) is 3.39. The number of hydrogen-bond donors (Lipinski definition) is 1. The van der Waals surface area contributed by atoms with E-state index in [4.69, 9.17) is 4.74 Å². The molecule has 2 aliphatic heterocycles. The van der Waals surface area contributed by atoms with Crippen LogP contribution in [0.15, 0.2) is 60.9 Å². The highest BCUT2D eigenvalue weighted by Gasteiger charge is 2.37. The van der Waals surface area contributed by atoms with E-state index in [-0.39, 0.29) is 5.72 Å². The van der Waals surface area contributed by atoms with Gasteiger partial charge in [0.25, 0.3) is 0 Å². The van der Waals surface area contributed by atoms with Gasteiger partial charge in [0.2, 0.25) is 5.72 Å². The van der Waals surface area contributed by atoms with Gasteiger partial charge in [-0.15, -0.1) is 0 Å². The summed E-state index contributed by atoms with van der Waals surface area (Å²) in [6.07, 6.45) is 8.65. The lowest BCUT2D eigenvalue weighted by Crippen LogP contribution is -2.36. The van der Waals surface area contributed by atoms with E-state index in [9.17, 15) is 0 Å². The van der Waals surface area contributed by atoms with E-state index in [1.165, 1.54) is 22.0 Å². The van der Waals surface area contributed by atoms with Crippen molar-refractivity contribution in [2.24, 2.45) is 0 Å². The van der Waals surface area contributed by atoms with Crippen LogP contribution < -0.4 is 5.32 Å². The van der Waals surface area contributed by atoms with Crippen LogP contribution in [0.2, 0.25) is 0 Å². The van der Waals surface area contributed by atoms with Gasteiger partial charge >= 0.3 is 0 Å². The molecule has 0 aromatic heterocycles. The van der Waals surface area contributed by atoms with E-state index >= 15 is 0 Å². The Bertz CT molecular complexity index is 687. The minimum atomic E-state index is -0.388. The first-order chi connectivity index (χ1) is 8.86. The molecule has 0 aliphatic carbocycles. The van der Waals surface area contributed by atoms with Crippen molar-refractivity contribution < 1.29 is 4.74 Å². The predicted octanol–water partition coefficient (Wildman–Crippen LogP) is 3.60. The topological polar surface area (TPSA) is 21.3 Å². The number of benzene rings is 2. The summed E-state index contributed by atoms with van der Waals surface area (Å²) in [4.78, 5) is 0. The highest BCUT2D eigenvalue weighted by Crippen LogP contribution is 2.40. The van der Waals surface area contributed by atoms with E-state index in [1.807, 2.05) is 12.2 Å². The van der Waals surface area contributed by atoms with E-state index in [2.05, 4.69) is 47.8 Å². The molecule has 0 radical (unpaired) electrons. The largest absolute Gasteiger partial charge is 0.472 e. The molecule has 18 heavy (non-hydrogen) atoms. The van der Waals surface area contributed by atoms with Crippen LogP contribution in [-0.4, -0.2) is 5.72 Å². The molecular weight excluding hydrogens is 222 g/mol. The summed E-state index contributed by atoms with van der Waals surface area (Å²) in [5.74, 6) is 0. The van der Waals surface area contributed by atoms with Crippen molar-refractivity contribution in [3.8, 4) is 0 Å². The van der Waals surface area contributed by atoms with E-state index < -0.39 is 0 Å². The molecule has 2 heterocycles. The van der Waals surface area contributed by atoms with Gasteiger partial charge in [0.05, 0.1) is 6.26 Å². The van der Waals surface area contributed by atoms with Gasteiger partial charge < -0.3 is 10.1 Å². The number of nitrogens with one attached hydrogen (secondary N) is 1. The Morgan fingerprint density at radius 1 is 1.06 bits per heavy atom. The molecule has 2 aliphatic rings. The monoisotopic (exact) mass is 235 g/mol. The van der Waals surface area contributed by atoms with Crippen molar-refractivity contribution in [2.45, 2.75) is 12.1 Å². The Hall–Kier alpha value is -2.22. The number of hydrogen-bond acceptors (Lipinski definition) is 2. The summed E-state index contributed by atoms with van der Waals surface area (Å²) < 4.78 is 5.78. The fraction of sp³-hybridized carbons (Fsp3) is 0.125. The molecule has 0 fully saturated rings. The standard InChI is InChI=1S/C16H13NO/c1-2-6-14-12(5-1)7-8-13-11-16(17-15(13)14)9-3-4-10-18-16/h1-10,17H,11H2. The van der Waals surface area contributed by atoms with Crippen LogP contribution in [0, 0.1) is 0 Å². The molecule has 2 nitrogen and oxygen atoms in total. The summed E-state index contributed by atoms with van der Waals surface area (Å²) in [5.41, 5.74) is 2.13. The Labute approximate surface area is 106 Å². The molecule has 4 rings (SSSR count). The molecular formula is C16H13NO. The average Bonchev–Trinajstić information content (AvgIpc) is 2.78. The smallest absolute Gasteiger partial charge is 0.203 e. The maximum atomic E-state index is 5.78. The lowest BCUT2D eigenvalue weighted by molar-refractivity contribution is 0.0991. The SMILES string of the molecule is C1=COC2(C=C1)Cc1ccc3ccccc3c1N2. The van der Waals surface area contributed by atoms with Crippen molar-refractivity contribution >= 4 is 16.5 Å². The Kier molecular flexibility index (Phi) is 1.84. The summed E-state index contributed by atoms with van der Waals surface area (Å²) in [6, 6.07) is 12.8. The zero-order valence-electron chi connectivity index (χ0n) is 9.89. The Morgan fingerprint density at radius 3 is 2.89 bits per heavy atom. The number of fused-ring (bicyclic) bond motifs is 3. The zero-order chi connectivity index (χ0) is 12.0. The highest BCUT2D eigenvalue weighted by molar-refractivity contribution is 5.97. The molecule has 1 unspecified atom stereocenters. The van der Waals surface area contributed by atoms with Crippen molar-refractivity contribution in [1.82, 2.24) is 0 Å². The van der Waals surface area contributed by atoms with Crippen molar-refractivity contribution in [1.29, 1.82) is 0 Å². The number of ether oxygens (including phenoxy) is 1. The van der Waals surface area contributed by atoms with Gasteiger partial charge in [0.1, 0.15) is 0 Å². The molecule has 2 heteroatoms. The highest BCUT2D eigenvalue weighted by atomic mass is 16.5. The lowest BCUT2D eigenvalue weighted by Gasteiger charge is -2.27. The fourth-order valence-corrected chi connectivity index (χ4v) is 2.78. The lowest BCUT2D eigenvalue weighted by atomic mass is 10.0. The second-order valence-electron chi connectivity index (χ2n) is 4.82.